The zero-order valence-electron chi connectivity index (χ0n) is 8.43. The summed E-state index contributed by atoms with van der Waals surface area (Å²) in [4.78, 5) is 10.3. The molecule has 2 unspecified atom stereocenters. The summed E-state index contributed by atoms with van der Waals surface area (Å²) in [5.74, 6) is 0.702. The number of benzene rings is 1. The number of hydrogen-bond donors (Lipinski definition) is 1. The molecular weight excluding hydrogens is 208 g/mol. The molecule has 0 saturated heterocycles. The van der Waals surface area contributed by atoms with E-state index in [9.17, 15) is 4.79 Å². The highest BCUT2D eigenvalue weighted by Crippen LogP contribution is 2.49. The molecule has 2 rings (SSSR count). The zero-order chi connectivity index (χ0) is 10.7. The fourth-order valence-corrected chi connectivity index (χ4v) is 3.03. The Hall–Kier alpha value is -0.960. The summed E-state index contributed by atoms with van der Waals surface area (Å²) in [5.41, 5.74) is 1.39. The molecule has 15 heavy (non-hydrogen) atoms. The topological polar surface area (TPSA) is 37.3 Å². The minimum Gasteiger partial charge on any atom is -0.481 e. The number of rotatable bonds is 5. The molecule has 0 spiro atoms. The van der Waals surface area contributed by atoms with Crippen molar-refractivity contribution in [1.82, 2.24) is 0 Å². The van der Waals surface area contributed by atoms with Gasteiger partial charge in [-0.3, -0.25) is 4.79 Å². The van der Waals surface area contributed by atoms with Crippen molar-refractivity contribution in [2.75, 3.05) is 5.75 Å². The van der Waals surface area contributed by atoms with E-state index in [0.717, 1.165) is 5.75 Å². The van der Waals surface area contributed by atoms with E-state index in [4.69, 9.17) is 5.11 Å². The van der Waals surface area contributed by atoms with Gasteiger partial charge < -0.3 is 5.11 Å². The molecule has 1 fully saturated rings. The van der Waals surface area contributed by atoms with E-state index in [0.29, 0.717) is 11.2 Å². The van der Waals surface area contributed by atoms with Crippen molar-refractivity contribution in [2.45, 2.75) is 24.0 Å². The average molecular weight is 222 g/mol. The van der Waals surface area contributed by atoms with Gasteiger partial charge in [0.25, 0.3) is 0 Å². The van der Waals surface area contributed by atoms with Gasteiger partial charge in [0, 0.05) is 11.0 Å². The van der Waals surface area contributed by atoms with Crippen LogP contribution in [0.4, 0.5) is 0 Å². The maximum absolute atomic E-state index is 10.3. The molecule has 1 aliphatic rings. The van der Waals surface area contributed by atoms with Crippen LogP contribution >= 0.6 is 11.8 Å². The maximum Gasteiger partial charge on any atom is 0.304 e. The van der Waals surface area contributed by atoms with Gasteiger partial charge in [0.1, 0.15) is 0 Å². The fourth-order valence-electron chi connectivity index (χ4n) is 1.70. The highest BCUT2D eigenvalue weighted by Gasteiger charge is 2.38. The molecule has 1 aromatic rings. The molecule has 2 atom stereocenters. The smallest absolute Gasteiger partial charge is 0.304 e. The third-order valence-corrected chi connectivity index (χ3v) is 4.00. The highest BCUT2D eigenvalue weighted by molar-refractivity contribution is 8.00. The van der Waals surface area contributed by atoms with Gasteiger partial charge in [-0.15, -0.1) is 0 Å². The first-order valence-corrected chi connectivity index (χ1v) is 6.20. The number of thioether (sulfide) groups is 1. The second-order valence-electron chi connectivity index (χ2n) is 3.81. The molecule has 0 heterocycles. The Labute approximate surface area is 93.7 Å². The highest BCUT2D eigenvalue weighted by atomic mass is 32.2. The second-order valence-corrected chi connectivity index (χ2v) is 5.15. The van der Waals surface area contributed by atoms with Crippen molar-refractivity contribution in [3.63, 3.8) is 0 Å². The van der Waals surface area contributed by atoms with Gasteiger partial charge in [0.2, 0.25) is 0 Å². The summed E-state index contributed by atoms with van der Waals surface area (Å²) in [6.07, 6.45) is 1.48. The van der Waals surface area contributed by atoms with Crippen molar-refractivity contribution < 1.29 is 9.90 Å². The third-order valence-electron chi connectivity index (χ3n) is 2.61. The molecule has 0 radical (unpaired) electrons. The lowest BCUT2D eigenvalue weighted by atomic mass is 10.1. The molecule has 3 heteroatoms. The van der Waals surface area contributed by atoms with Crippen LogP contribution in [0.25, 0.3) is 0 Å². The second kappa shape index (κ2) is 4.71. The molecular formula is C12H14O2S. The van der Waals surface area contributed by atoms with Crippen molar-refractivity contribution in [3.8, 4) is 0 Å². The van der Waals surface area contributed by atoms with Crippen molar-refractivity contribution in [1.29, 1.82) is 0 Å². The molecule has 1 N–H and O–H groups in total. The lowest BCUT2D eigenvalue weighted by Gasteiger charge is -1.99. The molecule has 0 aromatic heterocycles. The molecule has 0 amide bonds. The predicted molar refractivity (Wildman–Crippen MR) is 62.3 cm³/mol. The largest absolute Gasteiger partial charge is 0.481 e. The Morgan fingerprint density at radius 2 is 2.13 bits per heavy atom. The standard InChI is InChI=1S/C12H14O2S/c13-12(14)6-7-15-11-8-10(11)9-4-2-1-3-5-9/h1-5,10-11H,6-8H2,(H,13,14). The van der Waals surface area contributed by atoms with Crippen molar-refractivity contribution >= 4 is 17.7 Å². The van der Waals surface area contributed by atoms with Gasteiger partial charge in [-0.25, -0.2) is 0 Å². The first kappa shape index (κ1) is 10.6. The molecule has 80 valence electrons. The summed E-state index contributed by atoms with van der Waals surface area (Å²) in [6.45, 7) is 0. The Morgan fingerprint density at radius 3 is 2.80 bits per heavy atom. The maximum atomic E-state index is 10.3. The fraction of sp³-hybridized carbons (Fsp3) is 0.417. The Morgan fingerprint density at radius 1 is 1.40 bits per heavy atom. The SMILES string of the molecule is O=C(O)CCSC1CC1c1ccccc1. The Balaban J connectivity index is 1.75. The monoisotopic (exact) mass is 222 g/mol. The van der Waals surface area contributed by atoms with Crippen molar-refractivity contribution in [2.24, 2.45) is 0 Å². The van der Waals surface area contributed by atoms with Gasteiger partial charge in [0.05, 0.1) is 6.42 Å². The number of carboxylic acids is 1. The minimum atomic E-state index is -0.695. The molecule has 1 aromatic carbocycles. The van der Waals surface area contributed by atoms with Gasteiger partial charge in [-0.05, 0) is 17.9 Å². The van der Waals surface area contributed by atoms with Crippen LogP contribution in [-0.2, 0) is 4.79 Å². The summed E-state index contributed by atoms with van der Waals surface area (Å²) >= 11 is 1.79. The van der Waals surface area contributed by atoms with E-state index >= 15 is 0 Å². The van der Waals surface area contributed by atoms with E-state index in [1.54, 1.807) is 11.8 Å². The Kier molecular flexibility index (Phi) is 3.31. The molecule has 0 aliphatic heterocycles. The van der Waals surface area contributed by atoms with E-state index in [-0.39, 0.29) is 6.42 Å². The summed E-state index contributed by atoms with van der Waals surface area (Å²) in [7, 11) is 0. The zero-order valence-corrected chi connectivity index (χ0v) is 9.24. The minimum absolute atomic E-state index is 0.280. The van der Waals surface area contributed by atoms with Crippen LogP contribution in [0.15, 0.2) is 30.3 Å². The number of carbonyl (C=O) groups is 1. The van der Waals surface area contributed by atoms with Crippen LogP contribution in [0.3, 0.4) is 0 Å². The van der Waals surface area contributed by atoms with Crippen LogP contribution in [0, 0.1) is 0 Å². The predicted octanol–water partition coefficient (Wildman–Crippen LogP) is 2.75. The molecule has 0 bridgehead atoms. The summed E-state index contributed by atoms with van der Waals surface area (Å²) in [6, 6.07) is 10.5. The lowest BCUT2D eigenvalue weighted by molar-refractivity contribution is -0.136. The van der Waals surface area contributed by atoms with Crippen LogP contribution in [0.1, 0.15) is 24.3 Å². The summed E-state index contributed by atoms with van der Waals surface area (Å²) < 4.78 is 0. The van der Waals surface area contributed by atoms with Gasteiger partial charge in [-0.1, -0.05) is 30.3 Å². The number of carboxylic acid groups (broad SMARTS) is 1. The van der Waals surface area contributed by atoms with Gasteiger partial charge in [0.15, 0.2) is 0 Å². The molecule has 1 saturated carbocycles. The van der Waals surface area contributed by atoms with E-state index in [1.807, 2.05) is 6.07 Å². The Bertz CT molecular complexity index is 337. The lowest BCUT2D eigenvalue weighted by Crippen LogP contribution is -1.97. The van der Waals surface area contributed by atoms with E-state index < -0.39 is 5.97 Å². The van der Waals surface area contributed by atoms with Gasteiger partial charge in [-0.2, -0.15) is 11.8 Å². The first-order chi connectivity index (χ1) is 7.27. The third kappa shape index (κ3) is 2.99. The molecule has 2 nitrogen and oxygen atoms in total. The van der Waals surface area contributed by atoms with Crippen LogP contribution < -0.4 is 0 Å². The number of aliphatic carboxylic acids is 1. The van der Waals surface area contributed by atoms with E-state index in [2.05, 4.69) is 24.3 Å². The summed E-state index contributed by atoms with van der Waals surface area (Å²) in [5, 5.41) is 9.16. The normalized spacial score (nSPS) is 23.7. The first-order valence-electron chi connectivity index (χ1n) is 5.15. The quantitative estimate of drug-likeness (QED) is 0.832. The van der Waals surface area contributed by atoms with Crippen LogP contribution in [0.2, 0.25) is 0 Å². The number of hydrogen-bond acceptors (Lipinski definition) is 2. The van der Waals surface area contributed by atoms with Crippen molar-refractivity contribution in [3.05, 3.63) is 35.9 Å². The van der Waals surface area contributed by atoms with E-state index in [1.165, 1.54) is 12.0 Å². The van der Waals surface area contributed by atoms with Crippen LogP contribution in [0.5, 0.6) is 0 Å². The average Bonchev–Trinajstić information content (AvgIpc) is 2.98. The van der Waals surface area contributed by atoms with Crippen LogP contribution in [-0.4, -0.2) is 22.1 Å². The molecule has 1 aliphatic carbocycles. The van der Waals surface area contributed by atoms with Gasteiger partial charge >= 0.3 is 5.97 Å².